The fourth-order valence-electron chi connectivity index (χ4n) is 4.21. The van der Waals surface area contributed by atoms with Crippen molar-refractivity contribution in [1.82, 2.24) is 0 Å². The minimum Gasteiger partial charge on any atom is -0.494 e. The van der Waals surface area contributed by atoms with E-state index >= 15 is 0 Å². The molecule has 0 unspecified atom stereocenters. The van der Waals surface area contributed by atoms with Crippen LogP contribution in [0.15, 0.2) is 24.3 Å². The fraction of sp³-hybridized carbons (Fsp3) is 0.731. The maximum absolute atomic E-state index is 11.6. The Morgan fingerprint density at radius 2 is 1.94 bits per heavy atom. The molecule has 2 rings (SSSR count). The molecule has 1 heterocycles. The average molecular weight is 451 g/mol. The zero-order valence-electron chi connectivity index (χ0n) is 20.7. The van der Waals surface area contributed by atoms with Crippen molar-refractivity contribution in [3.8, 4) is 5.75 Å². The molecule has 1 saturated heterocycles. The highest BCUT2D eigenvalue weighted by Gasteiger charge is 2.29. The Labute approximate surface area is 193 Å². The fourth-order valence-corrected chi connectivity index (χ4v) is 4.21. The highest BCUT2D eigenvalue weighted by Crippen LogP contribution is 2.34. The predicted molar refractivity (Wildman–Crippen MR) is 125 cm³/mol. The van der Waals surface area contributed by atoms with Gasteiger partial charge in [-0.1, -0.05) is 19.1 Å². The monoisotopic (exact) mass is 450 g/mol. The second kappa shape index (κ2) is 13.2. The first-order valence-electron chi connectivity index (χ1n) is 11.8. The van der Waals surface area contributed by atoms with Crippen LogP contribution in [0.1, 0.15) is 77.4 Å². The molecule has 1 fully saturated rings. The summed E-state index contributed by atoms with van der Waals surface area (Å²) in [5, 5.41) is 0. The average Bonchev–Trinajstić information content (AvgIpc) is 2.79. The largest absolute Gasteiger partial charge is 0.494 e. The number of carbonyl (C=O) groups is 1. The molecule has 0 aliphatic carbocycles. The smallest absolute Gasteiger partial charge is 0.308 e. The number of carbonyl (C=O) groups excluding carboxylic acids is 1. The lowest BCUT2D eigenvalue weighted by atomic mass is 9.92. The Morgan fingerprint density at radius 1 is 1.16 bits per heavy atom. The van der Waals surface area contributed by atoms with Crippen LogP contribution in [0.4, 0.5) is 0 Å². The van der Waals surface area contributed by atoms with Crippen LogP contribution in [0.2, 0.25) is 0 Å². The lowest BCUT2D eigenvalue weighted by Gasteiger charge is -2.32. The first kappa shape index (κ1) is 26.6. The normalized spacial score (nSPS) is 21.1. The van der Waals surface area contributed by atoms with E-state index in [1.807, 2.05) is 12.1 Å². The molecule has 1 aliphatic rings. The van der Waals surface area contributed by atoms with Crippen molar-refractivity contribution < 1.29 is 28.5 Å². The zero-order chi connectivity index (χ0) is 23.6. The lowest BCUT2D eigenvalue weighted by Crippen LogP contribution is -2.39. The van der Waals surface area contributed by atoms with Gasteiger partial charge in [0.1, 0.15) is 5.75 Å². The topological polar surface area (TPSA) is 63.2 Å². The Hall–Kier alpha value is -1.63. The van der Waals surface area contributed by atoms with E-state index in [4.69, 9.17) is 23.7 Å². The molecule has 0 saturated carbocycles. The Kier molecular flexibility index (Phi) is 11.0. The third-order valence-corrected chi connectivity index (χ3v) is 6.59. The predicted octanol–water partition coefficient (Wildman–Crippen LogP) is 5.49. The summed E-state index contributed by atoms with van der Waals surface area (Å²) < 4.78 is 28.2. The molecule has 0 N–H and O–H groups in total. The number of hydrogen-bond donors (Lipinski definition) is 0. The van der Waals surface area contributed by atoms with Gasteiger partial charge in [0.25, 0.3) is 0 Å². The van der Waals surface area contributed by atoms with Crippen molar-refractivity contribution in [3.05, 3.63) is 29.8 Å². The minimum absolute atomic E-state index is 0.00371. The summed E-state index contributed by atoms with van der Waals surface area (Å²) in [6.07, 6.45) is 6.19. The molecule has 182 valence electrons. The summed E-state index contributed by atoms with van der Waals surface area (Å²) in [4.78, 5) is 11.6. The standard InChI is InChI=1S/C26H42O6/c1-19(13-14-24(28-4)26(2,3)30-6)15-16-31-21-10-7-9-20(17-21)23-12-8-11-22(32-23)18-25(27)29-5/h7,9-10,17,19,22-24H,8,11-16,18H2,1-6H3/t19-,22-,23+,24+/m0/s1. The molecule has 1 aromatic carbocycles. The van der Waals surface area contributed by atoms with E-state index in [1.165, 1.54) is 7.11 Å². The summed E-state index contributed by atoms with van der Waals surface area (Å²) in [6, 6.07) is 8.14. The van der Waals surface area contributed by atoms with Gasteiger partial charge < -0.3 is 23.7 Å². The van der Waals surface area contributed by atoms with Gasteiger partial charge in [0, 0.05) is 14.2 Å². The zero-order valence-corrected chi connectivity index (χ0v) is 20.7. The number of methoxy groups -OCH3 is 3. The van der Waals surface area contributed by atoms with Gasteiger partial charge in [0.2, 0.25) is 0 Å². The van der Waals surface area contributed by atoms with E-state index < -0.39 is 0 Å². The van der Waals surface area contributed by atoms with Crippen LogP contribution in [0.25, 0.3) is 0 Å². The Balaban J connectivity index is 1.80. The minimum atomic E-state index is -0.289. The number of rotatable bonds is 13. The molecule has 1 aromatic rings. The molecule has 0 bridgehead atoms. The van der Waals surface area contributed by atoms with E-state index in [0.29, 0.717) is 18.9 Å². The summed E-state index contributed by atoms with van der Waals surface area (Å²) in [5.41, 5.74) is 0.817. The quantitative estimate of drug-likeness (QED) is 0.371. The molecule has 6 heteroatoms. The molecule has 6 nitrogen and oxygen atoms in total. The molecule has 0 radical (unpaired) electrons. The van der Waals surface area contributed by atoms with Gasteiger partial charge in [-0.3, -0.25) is 4.79 Å². The molecular weight excluding hydrogens is 408 g/mol. The van der Waals surface area contributed by atoms with Crippen LogP contribution in [0.3, 0.4) is 0 Å². The highest BCUT2D eigenvalue weighted by atomic mass is 16.5. The van der Waals surface area contributed by atoms with Crippen molar-refractivity contribution in [2.45, 2.75) is 89.6 Å². The SMILES string of the molecule is COC(=O)C[C@@H]1CCC[C@H](c2cccc(OCC[C@@H](C)CC[C@@H](OC)C(C)(C)OC)c2)O1. The molecule has 1 aliphatic heterocycles. The first-order chi connectivity index (χ1) is 15.3. The van der Waals surface area contributed by atoms with E-state index in [1.54, 1.807) is 14.2 Å². The van der Waals surface area contributed by atoms with Gasteiger partial charge in [-0.15, -0.1) is 0 Å². The maximum atomic E-state index is 11.6. The van der Waals surface area contributed by atoms with Crippen molar-refractivity contribution >= 4 is 5.97 Å². The summed E-state index contributed by atoms with van der Waals surface area (Å²) in [7, 11) is 4.90. The molecule has 0 spiro atoms. The van der Waals surface area contributed by atoms with Crippen LogP contribution in [-0.4, -0.2) is 51.7 Å². The highest BCUT2D eigenvalue weighted by molar-refractivity contribution is 5.69. The van der Waals surface area contributed by atoms with Crippen LogP contribution < -0.4 is 4.74 Å². The number of benzene rings is 1. The number of ether oxygens (including phenoxy) is 5. The molecule has 4 atom stereocenters. The van der Waals surface area contributed by atoms with Gasteiger partial charge in [0.05, 0.1) is 44.1 Å². The van der Waals surface area contributed by atoms with Crippen molar-refractivity contribution in [3.63, 3.8) is 0 Å². The van der Waals surface area contributed by atoms with Crippen molar-refractivity contribution in [2.75, 3.05) is 27.9 Å². The van der Waals surface area contributed by atoms with Crippen molar-refractivity contribution in [2.24, 2.45) is 5.92 Å². The van der Waals surface area contributed by atoms with Gasteiger partial charge >= 0.3 is 5.97 Å². The molecular formula is C26H42O6. The van der Waals surface area contributed by atoms with Gasteiger partial charge in [0.15, 0.2) is 0 Å². The van der Waals surface area contributed by atoms with Gasteiger partial charge in [-0.2, -0.15) is 0 Å². The Bertz CT molecular complexity index is 689. The Morgan fingerprint density at radius 3 is 2.62 bits per heavy atom. The number of hydrogen-bond acceptors (Lipinski definition) is 6. The molecule has 32 heavy (non-hydrogen) atoms. The molecule has 0 amide bonds. The first-order valence-corrected chi connectivity index (χ1v) is 11.8. The van der Waals surface area contributed by atoms with E-state index in [9.17, 15) is 4.79 Å². The lowest BCUT2D eigenvalue weighted by molar-refractivity contribution is -0.147. The van der Waals surface area contributed by atoms with Gasteiger partial charge in [-0.05, 0) is 76.0 Å². The summed E-state index contributed by atoms with van der Waals surface area (Å²) in [5.74, 6) is 1.18. The third kappa shape index (κ3) is 8.38. The van der Waals surface area contributed by atoms with E-state index in [2.05, 4.69) is 32.9 Å². The van der Waals surface area contributed by atoms with Crippen molar-refractivity contribution in [1.29, 1.82) is 0 Å². The third-order valence-electron chi connectivity index (χ3n) is 6.59. The summed E-state index contributed by atoms with van der Waals surface area (Å²) >= 11 is 0. The second-order valence-corrected chi connectivity index (χ2v) is 9.38. The maximum Gasteiger partial charge on any atom is 0.308 e. The van der Waals surface area contributed by atoms with Crippen LogP contribution in [0, 0.1) is 5.92 Å². The molecule has 0 aromatic heterocycles. The van der Waals surface area contributed by atoms with Gasteiger partial charge in [-0.25, -0.2) is 0 Å². The van der Waals surface area contributed by atoms with E-state index in [0.717, 1.165) is 49.8 Å². The number of esters is 1. The van der Waals surface area contributed by atoms with Crippen LogP contribution >= 0.6 is 0 Å². The van der Waals surface area contributed by atoms with Crippen LogP contribution in [0.5, 0.6) is 5.75 Å². The van der Waals surface area contributed by atoms with E-state index in [-0.39, 0.29) is 29.9 Å². The second-order valence-electron chi connectivity index (χ2n) is 9.38. The van der Waals surface area contributed by atoms with Crippen LogP contribution in [-0.2, 0) is 23.7 Å². The summed E-state index contributed by atoms with van der Waals surface area (Å²) in [6.45, 7) is 7.06.